The Hall–Kier alpha value is -3.12. The molecule has 1 saturated carbocycles. The zero-order valence-electron chi connectivity index (χ0n) is 19.0. The van der Waals surface area contributed by atoms with Crippen molar-refractivity contribution in [1.82, 2.24) is 10.2 Å². The number of hydrogen-bond acceptors (Lipinski definition) is 3. The Kier molecular flexibility index (Phi) is 6.56. The van der Waals surface area contributed by atoms with Gasteiger partial charge in [0, 0.05) is 42.8 Å². The lowest BCUT2D eigenvalue weighted by molar-refractivity contribution is -0.122. The predicted octanol–water partition coefficient (Wildman–Crippen LogP) is 5.02. The molecule has 4 rings (SSSR count). The van der Waals surface area contributed by atoms with Crippen LogP contribution in [0.3, 0.4) is 0 Å². The zero-order chi connectivity index (χ0) is 23.7. The van der Waals surface area contributed by atoms with Gasteiger partial charge in [0.2, 0.25) is 0 Å². The number of nitrogens with zero attached hydrogens (tertiary/aromatic N) is 2. The lowest BCUT2D eigenvalue weighted by Gasteiger charge is -2.25. The van der Waals surface area contributed by atoms with Crippen molar-refractivity contribution in [2.45, 2.75) is 51.7 Å². The summed E-state index contributed by atoms with van der Waals surface area (Å²) in [5.74, 6) is -0.0205. The molecular weight excluding hydrogens is 438 g/mol. The second kappa shape index (κ2) is 9.40. The maximum atomic E-state index is 13.0. The van der Waals surface area contributed by atoms with Gasteiger partial charge in [-0.15, -0.1) is 0 Å². The van der Waals surface area contributed by atoms with Gasteiger partial charge in [0.15, 0.2) is 5.78 Å². The molecule has 0 aromatic heterocycles. The van der Waals surface area contributed by atoms with Crippen molar-refractivity contribution < 1.29 is 14.4 Å². The Morgan fingerprint density at radius 2 is 2.03 bits per heavy atom. The number of nitrogens with one attached hydrogen (secondary N) is 1. The van der Waals surface area contributed by atoms with Gasteiger partial charge >= 0.3 is 6.03 Å². The quantitative estimate of drug-likeness (QED) is 0.509. The largest absolute Gasteiger partial charge is 0.334 e. The second-order valence-corrected chi connectivity index (χ2v) is 9.28. The predicted molar refractivity (Wildman–Crippen MR) is 130 cm³/mol. The number of allylic oxidation sites excluding steroid dienone is 1. The number of carbonyl (C=O) groups excluding carboxylic acids is 3. The molecule has 0 spiro atoms. The molecule has 0 bridgehead atoms. The van der Waals surface area contributed by atoms with Gasteiger partial charge in [-0.05, 0) is 61.1 Å². The van der Waals surface area contributed by atoms with E-state index in [0.29, 0.717) is 42.2 Å². The smallest absolute Gasteiger partial charge is 0.321 e. The number of hydrogen-bond donors (Lipinski definition) is 1. The summed E-state index contributed by atoms with van der Waals surface area (Å²) >= 11 is 6.18. The van der Waals surface area contributed by atoms with Gasteiger partial charge in [-0.25, -0.2) is 4.79 Å². The summed E-state index contributed by atoms with van der Waals surface area (Å²) in [7, 11) is 1.69. The van der Waals surface area contributed by atoms with Crippen LogP contribution in [0.2, 0.25) is 5.02 Å². The number of ketones is 1. The first-order chi connectivity index (χ1) is 15.7. The van der Waals surface area contributed by atoms with Crippen LogP contribution >= 0.6 is 11.6 Å². The van der Waals surface area contributed by atoms with Crippen molar-refractivity contribution in [1.29, 1.82) is 0 Å². The van der Waals surface area contributed by atoms with Gasteiger partial charge in [0.1, 0.15) is 0 Å². The standard InChI is InChI=1S/C26H28ClN3O3/c1-16-5-4-6-23(24(31)11-16)30-15-19-12-18(8-10-21(19)25(30)32)14-28-26(33)29(3)20-9-7-17(2)22(27)13-20/h7-10,12-13,23H,1,4-6,11,14-15H2,2-3H3,(H,28,33). The maximum Gasteiger partial charge on any atom is 0.321 e. The summed E-state index contributed by atoms with van der Waals surface area (Å²) in [6.07, 6.45) is 2.73. The van der Waals surface area contributed by atoms with Crippen LogP contribution in [0.15, 0.2) is 48.6 Å². The second-order valence-electron chi connectivity index (χ2n) is 8.88. The van der Waals surface area contributed by atoms with Crippen LogP contribution in [0.25, 0.3) is 0 Å². The summed E-state index contributed by atoms with van der Waals surface area (Å²) in [5.41, 5.74) is 5.02. The minimum atomic E-state index is -0.387. The molecule has 3 amide bonds. The molecule has 1 fully saturated rings. The van der Waals surface area contributed by atoms with Crippen LogP contribution in [-0.4, -0.2) is 35.7 Å². The molecule has 2 aromatic rings. The van der Waals surface area contributed by atoms with E-state index >= 15 is 0 Å². The van der Waals surface area contributed by atoms with Crippen molar-refractivity contribution in [2.75, 3.05) is 11.9 Å². The van der Waals surface area contributed by atoms with Crippen LogP contribution in [0.5, 0.6) is 0 Å². The number of anilines is 1. The SMILES string of the molecule is C=C1CCCC(N2Cc3cc(CNC(=O)N(C)c4ccc(C)c(Cl)c4)ccc3C2=O)C(=O)C1. The molecule has 1 unspecified atom stereocenters. The van der Waals surface area contributed by atoms with Crippen LogP contribution < -0.4 is 10.2 Å². The lowest BCUT2D eigenvalue weighted by Crippen LogP contribution is -2.40. The molecule has 33 heavy (non-hydrogen) atoms. The van der Waals surface area contributed by atoms with Gasteiger partial charge < -0.3 is 10.2 Å². The van der Waals surface area contributed by atoms with Crippen LogP contribution in [-0.2, 0) is 17.9 Å². The van der Waals surface area contributed by atoms with Gasteiger partial charge in [-0.1, -0.05) is 42.0 Å². The number of Topliss-reactive ketones (excluding diaryl/α,β-unsaturated/α-hetero) is 1. The molecule has 1 heterocycles. The first kappa shape index (κ1) is 23.1. The Morgan fingerprint density at radius 1 is 1.24 bits per heavy atom. The van der Waals surface area contributed by atoms with Crippen LogP contribution in [0.1, 0.15) is 52.7 Å². The van der Waals surface area contributed by atoms with Crippen LogP contribution in [0, 0.1) is 6.92 Å². The Bertz CT molecular complexity index is 1140. The molecule has 0 radical (unpaired) electrons. The number of urea groups is 1. The topological polar surface area (TPSA) is 69.7 Å². The monoisotopic (exact) mass is 465 g/mol. The Labute approximate surface area is 199 Å². The first-order valence-corrected chi connectivity index (χ1v) is 11.5. The van der Waals surface area contributed by atoms with E-state index in [1.165, 1.54) is 4.90 Å². The molecule has 2 aliphatic rings. The lowest BCUT2D eigenvalue weighted by atomic mass is 10.1. The fraction of sp³-hybridized carbons (Fsp3) is 0.346. The van der Waals surface area contributed by atoms with E-state index in [1.54, 1.807) is 24.1 Å². The van der Waals surface area contributed by atoms with Crippen molar-refractivity contribution in [3.63, 3.8) is 0 Å². The Morgan fingerprint density at radius 3 is 2.79 bits per heavy atom. The molecule has 6 nitrogen and oxygen atoms in total. The summed E-state index contributed by atoms with van der Waals surface area (Å²) in [6.45, 7) is 6.62. The van der Waals surface area contributed by atoms with Crippen molar-refractivity contribution in [2.24, 2.45) is 0 Å². The Balaban J connectivity index is 1.41. The molecule has 1 atom stereocenters. The normalized spacial score (nSPS) is 18.2. The van der Waals surface area contributed by atoms with E-state index in [2.05, 4.69) is 11.9 Å². The highest BCUT2D eigenvalue weighted by molar-refractivity contribution is 6.31. The van der Waals surface area contributed by atoms with E-state index in [4.69, 9.17) is 11.6 Å². The van der Waals surface area contributed by atoms with Gasteiger partial charge in [0.05, 0.1) is 6.04 Å². The van der Waals surface area contributed by atoms with Crippen LogP contribution in [0.4, 0.5) is 10.5 Å². The van der Waals surface area contributed by atoms with Gasteiger partial charge in [-0.3, -0.25) is 14.5 Å². The molecule has 1 aliphatic heterocycles. The molecular formula is C26H28ClN3O3. The number of carbonyl (C=O) groups is 3. The van der Waals surface area contributed by atoms with Crippen molar-refractivity contribution in [3.05, 3.63) is 75.8 Å². The van der Waals surface area contributed by atoms with E-state index in [-0.39, 0.29) is 23.8 Å². The number of benzene rings is 2. The fourth-order valence-electron chi connectivity index (χ4n) is 4.45. The average Bonchev–Trinajstić information content (AvgIpc) is 3.01. The van der Waals surface area contributed by atoms with E-state index in [1.807, 2.05) is 31.2 Å². The third-order valence-electron chi connectivity index (χ3n) is 6.47. The minimum absolute atomic E-state index is 0.0744. The third kappa shape index (κ3) is 4.81. The van der Waals surface area contributed by atoms with Gasteiger partial charge in [0.25, 0.3) is 5.91 Å². The number of rotatable bonds is 4. The van der Waals surface area contributed by atoms with E-state index in [0.717, 1.165) is 35.1 Å². The molecule has 2 aromatic carbocycles. The third-order valence-corrected chi connectivity index (χ3v) is 6.88. The summed E-state index contributed by atoms with van der Waals surface area (Å²) < 4.78 is 0. The highest BCUT2D eigenvalue weighted by atomic mass is 35.5. The van der Waals surface area contributed by atoms with E-state index < -0.39 is 0 Å². The minimum Gasteiger partial charge on any atom is -0.334 e. The molecule has 1 aliphatic carbocycles. The van der Waals surface area contributed by atoms with Crippen molar-refractivity contribution in [3.8, 4) is 0 Å². The molecule has 172 valence electrons. The number of amides is 3. The highest BCUT2D eigenvalue weighted by Gasteiger charge is 2.36. The molecule has 0 saturated heterocycles. The first-order valence-electron chi connectivity index (χ1n) is 11.1. The summed E-state index contributed by atoms with van der Waals surface area (Å²) in [6, 6.07) is 10.4. The molecule has 7 heteroatoms. The molecule has 1 N–H and O–H groups in total. The van der Waals surface area contributed by atoms with Crippen molar-refractivity contribution >= 4 is 35.0 Å². The van der Waals surface area contributed by atoms with Gasteiger partial charge in [-0.2, -0.15) is 0 Å². The number of halogens is 1. The summed E-state index contributed by atoms with van der Waals surface area (Å²) in [5, 5.41) is 3.52. The van der Waals surface area contributed by atoms with E-state index in [9.17, 15) is 14.4 Å². The zero-order valence-corrected chi connectivity index (χ0v) is 19.7. The fourth-order valence-corrected chi connectivity index (χ4v) is 4.63. The maximum absolute atomic E-state index is 13.0. The number of aryl methyl sites for hydroxylation is 1. The average molecular weight is 466 g/mol. The summed E-state index contributed by atoms with van der Waals surface area (Å²) in [4.78, 5) is 41.5. The highest BCUT2D eigenvalue weighted by Crippen LogP contribution is 2.31. The number of fused-ring (bicyclic) bond motifs is 1.